The van der Waals surface area contributed by atoms with E-state index in [2.05, 4.69) is 0 Å². The van der Waals surface area contributed by atoms with Gasteiger partial charge in [0.05, 0.1) is 0 Å². The van der Waals surface area contributed by atoms with Gasteiger partial charge in [-0.1, -0.05) is 0 Å². The van der Waals surface area contributed by atoms with Gasteiger partial charge in [-0.15, -0.1) is 0 Å². The van der Waals surface area contributed by atoms with Crippen molar-refractivity contribution in [1.29, 1.82) is 0 Å². The largest absolute Gasteiger partial charge is 4.00 e. The van der Waals surface area contributed by atoms with Gasteiger partial charge in [-0.3, -0.25) is 0 Å². The Bertz CT molecular complexity index is 9.22. The third-order valence-electron chi connectivity index (χ3n) is 0. The quantitative estimate of drug-likeness (QED) is 0.452. The Morgan fingerprint density at radius 1 is 0.300 bits per heavy atom. The molecule has 0 aromatic rings. The molecular weight excluding hydrogens is 338 g/mol. The fraction of sp³-hybridized carbons (Fsp3) is 0. The molecule has 0 unspecified atom stereocenters. The van der Waals surface area contributed by atoms with E-state index in [1.54, 1.807) is 0 Å². The van der Waals surface area contributed by atoms with Gasteiger partial charge < -0.3 is 43.8 Å². The molecule has 0 aliphatic rings. The van der Waals surface area contributed by atoms with E-state index in [0.717, 1.165) is 0 Å². The molecule has 0 atom stereocenters. The molecule has 0 amide bonds. The fourth-order valence-corrected chi connectivity index (χ4v) is 0. The molecule has 0 radical (unpaired) electrons. The standard InChI is InChI=1S/8H2O.Sn.Zr/h8*1H2;;/q;;;;;;;;2*+4/p-8. The normalized spacial score (nSPS) is 0. The van der Waals surface area contributed by atoms with Gasteiger partial charge >= 0.3 is 50.1 Å². The summed E-state index contributed by atoms with van der Waals surface area (Å²) < 4.78 is 0. The summed E-state index contributed by atoms with van der Waals surface area (Å²) >= 11 is 0. The SMILES string of the molecule is [OH-].[OH-].[OH-].[OH-].[OH-].[OH-].[OH-].[OH-].[Sn+4].[Zr+4]. The Kier molecular flexibility index (Phi) is 32200. The Morgan fingerprint density at radius 3 is 0.300 bits per heavy atom. The van der Waals surface area contributed by atoms with E-state index in [0.29, 0.717) is 0 Å². The van der Waals surface area contributed by atoms with Crippen molar-refractivity contribution >= 4 is 23.9 Å². The second-order valence-corrected chi connectivity index (χ2v) is 0. The van der Waals surface area contributed by atoms with Crippen molar-refractivity contribution in [3.8, 4) is 0 Å². The molecule has 0 fully saturated rings. The molecule has 10 heteroatoms. The van der Waals surface area contributed by atoms with Gasteiger partial charge in [-0.2, -0.15) is 0 Å². The average molecular weight is 346 g/mol. The van der Waals surface area contributed by atoms with E-state index in [-0.39, 0.29) is 93.9 Å². The van der Waals surface area contributed by atoms with Crippen molar-refractivity contribution in [2.24, 2.45) is 0 Å². The van der Waals surface area contributed by atoms with Crippen molar-refractivity contribution in [1.82, 2.24) is 0 Å². The maximum absolute atomic E-state index is 0. The molecule has 10 heavy (non-hydrogen) atoms. The summed E-state index contributed by atoms with van der Waals surface area (Å²) in [6, 6.07) is 0. The maximum atomic E-state index is 0. The molecule has 0 aliphatic heterocycles. The Balaban J connectivity index is 0. The van der Waals surface area contributed by atoms with Crippen LogP contribution in [0.1, 0.15) is 0 Å². The van der Waals surface area contributed by atoms with Crippen LogP contribution in [-0.4, -0.2) is 67.7 Å². The third-order valence-corrected chi connectivity index (χ3v) is 0. The first-order valence-corrected chi connectivity index (χ1v) is 0. The summed E-state index contributed by atoms with van der Waals surface area (Å²) in [6.45, 7) is 0. The van der Waals surface area contributed by atoms with Crippen LogP contribution in [-0.2, 0) is 26.2 Å². The zero-order valence-corrected chi connectivity index (χ0v) is 9.89. The van der Waals surface area contributed by atoms with Crippen molar-refractivity contribution in [2.75, 3.05) is 0 Å². The van der Waals surface area contributed by atoms with Gasteiger partial charge in [0.15, 0.2) is 0 Å². The van der Waals surface area contributed by atoms with E-state index >= 15 is 0 Å². The zero-order valence-electron chi connectivity index (χ0n) is 4.58. The molecule has 0 aliphatic carbocycles. The molecule has 8 nitrogen and oxygen atoms in total. The average Bonchev–Trinajstić information content (AvgIpc) is 0. The molecule has 0 spiro atoms. The topological polar surface area (TPSA) is 240 Å². The van der Waals surface area contributed by atoms with Gasteiger partial charge in [0.25, 0.3) is 0 Å². The van der Waals surface area contributed by atoms with E-state index < -0.39 is 0 Å². The summed E-state index contributed by atoms with van der Waals surface area (Å²) in [7, 11) is 0. The summed E-state index contributed by atoms with van der Waals surface area (Å²) in [6.07, 6.45) is 0. The third kappa shape index (κ3) is 353. The summed E-state index contributed by atoms with van der Waals surface area (Å²) in [5.41, 5.74) is 0. The summed E-state index contributed by atoms with van der Waals surface area (Å²) in [4.78, 5) is 0. The summed E-state index contributed by atoms with van der Waals surface area (Å²) in [5.74, 6) is 0. The van der Waals surface area contributed by atoms with Crippen molar-refractivity contribution in [3.63, 3.8) is 0 Å². The first kappa shape index (κ1) is 658. The molecule has 0 heterocycles. The van der Waals surface area contributed by atoms with Gasteiger partial charge in [0.2, 0.25) is 0 Å². The van der Waals surface area contributed by atoms with Crippen LogP contribution >= 0.6 is 0 Å². The fourth-order valence-electron chi connectivity index (χ4n) is 0. The zero-order chi connectivity index (χ0) is 0. The molecule has 0 rings (SSSR count). The molecule has 0 saturated carbocycles. The number of rotatable bonds is 0. The Morgan fingerprint density at radius 2 is 0.300 bits per heavy atom. The molecule has 0 aromatic heterocycles. The predicted molar refractivity (Wildman–Crippen MR) is 21.2 cm³/mol. The Labute approximate surface area is 93.5 Å². The minimum Gasteiger partial charge on any atom is -0.870 e. The first-order valence-electron chi connectivity index (χ1n) is 0. The van der Waals surface area contributed by atoms with Crippen LogP contribution in [0.4, 0.5) is 0 Å². The first-order chi connectivity index (χ1) is 0. The molecule has 0 bridgehead atoms. The second-order valence-electron chi connectivity index (χ2n) is 0. The van der Waals surface area contributed by atoms with Crippen LogP contribution in [0.2, 0.25) is 0 Å². The molecule has 0 aromatic carbocycles. The summed E-state index contributed by atoms with van der Waals surface area (Å²) in [5, 5.41) is 0. The van der Waals surface area contributed by atoms with Crippen molar-refractivity contribution in [3.05, 3.63) is 0 Å². The molecule has 8 N–H and O–H groups in total. The van der Waals surface area contributed by atoms with E-state index in [4.69, 9.17) is 0 Å². The van der Waals surface area contributed by atoms with Gasteiger partial charge in [-0.25, -0.2) is 0 Å². The van der Waals surface area contributed by atoms with Crippen LogP contribution in [0.5, 0.6) is 0 Å². The van der Waals surface area contributed by atoms with Crippen LogP contribution < -0.4 is 0 Å². The molecule has 0 saturated heterocycles. The van der Waals surface area contributed by atoms with Gasteiger partial charge in [0, 0.05) is 0 Å². The van der Waals surface area contributed by atoms with E-state index in [1.165, 1.54) is 0 Å². The maximum Gasteiger partial charge on any atom is 4.00 e. The Hall–Kier alpha value is 1.36. The smallest absolute Gasteiger partial charge is 0.870 e. The number of hydrogen-bond donors (Lipinski definition) is 0. The number of hydrogen-bond acceptors (Lipinski definition) is 8. The predicted octanol–water partition coefficient (Wildman–Crippen LogP) is -1.80. The van der Waals surface area contributed by atoms with Gasteiger partial charge in [-0.05, 0) is 0 Å². The monoisotopic (exact) mass is 346 g/mol. The van der Waals surface area contributed by atoms with Crippen molar-refractivity contribution < 1.29 is 70.0 Å². The minimum atomic E-state index is 0. The van der Waals surface area contributed by atoms with Crippen molar-refractivity contribution in [2.45, 2.75) is 0 Å². The molecular formula is H8O8SnZr. The van der Waals surface area contributed by atoms with E-state index in [9.17, 15) is 0 Å². The van der Waals surface area contributed by atoms with Gasteiger partial charge in [0.1, 0.15) is 0 Å². The second kappa shape index (κ2) is 490. The van der Waals surface area contributed by atoms with Crippen LogP contribution in [0.25, 0.3) is 0 Å². The minimum absolute atomic E-state index is 0. The van der Waals surface area contributed by atoms with Crippen LogP contribution in [0, 0.1) is 0 Å². The molecule has 64 valence electrons. The van der Waals surface area contributed by atoms with Crippen LogP contribution in [0.15, 0.2) is 0 Å². The van der Waals surface area contributed by atoms with E-state index in [1.807, 2.05) is 0 Å². The van der Waals surface area contributed by atoms with Crippen LogP contribution in [0.3, 0.4) is 0 Å².